The number of benzene rings is 5. The first-order valence-corrected chi connectivity index (χ1v) is 11.1. The molecule has 0 radical (unpaired) electrons. The molecule has 0 heterocycles. The fraction of sp³-hybridized carbons (Fsp3) is 0.0345. The molecule has 0 aliphatic heterocycles. The molecule has 1 N–H and O–H groups in total. The number of fused-ring (bicyclic) bond motifs is 1. The predicted octanol–water partition coefficient (Wildman–Crippen LogP) is 7.55. The number of rotatable bonds is 4. The van der Waals surface area contributed by atoms with Crippen LogP contribution in [0, 0.1) is 0 Å². The van der Waals surface area contributed by atoms with E-state index in [0.29, 0.717) is 0 Å². The predicted molar refractivity (Wildman–Crippen MR) is 132 cm³/mol. The maximum absolute atomic E-state index is 12.4. The van der Waals surface area contributed by atoms with Crippen LogP contribution in [0.3, 0.4) is 0 Å². The highest BCUT2D eigenvalue weighted by molar-refractivity contribution is 9.10. The van der Waals surface area contributed by atoms with E-state index in [1.54, 1.807) is 0 Å². The Hall–Kier alpha value is -3.20. The molecule has 0 amide bonds. The number of hydrogen-bond donors (Lipinski definition) is 1. The van der Waals surface area contributed by atoms with Crippen LogP contribution < -0.4 is 0 Å². The van der Waals surface area contributed by atoms with Crippen molar-refractivity contribution in [1.29, 1.82) is 0 Å². The summed E-state index contributed by atoms with van der Waals surface area (Å²) in [4.78, 5) is 0. The van der Waals surface area contributed by atoms with Crippen LogP contribution in [0.4, 0.5) is 0 Å². The molecule has 1 nitrogen and oxygen atoms in total. The molecule has 0 fully saturated rings. The maximum atomic E-state index is 12.4. The van der Waals surface area contributed by atoms with Crippen molar-refractivity contribution in [3.8, 4) is 11.1 Å². The molecule has 5 aromatic rings. The van der Waals surface area contributed by atoms with Gasteiger partial charge in [-0.2, -0.15) is 0 Å². The molecule has 0 spiro atoms. The second-order valence-corrected chi connectivity index (χ2v) is 8.57. The topological polar surface area (TPSA) is 20.2 Å². The van der Waals surface area contributed by atoms with Crippen molar-refractivity contribution < 1.29 is 5.11 Å². The van der Waals surface area contributed by atoms with E-state index in [4.69, 9.17) is 0 Å². The van der Waals surface area contributed by atoms with Crippen molar-refractivity contribution in [3.63, 3.8) is 0 Å². The molecule has 5 aromatic carbocycles. The van der Waals surface area contributed by atoms with Gasteiger partial charge in [-0.3, -0.25) is 0 Å². The summed E-state index contributed by atoms with van der Waals surface area (Å²) >= 11 is 3.65. The van der Waals surface area contributed by atoms with Gasteiger partial charge >= 0.3 is 0 Å². The van der Waals surface area contributed by atoms with Crippen molar-refractivity contribution in [1.82, 2.24) is 0 Å². The van der Waals surface area contributed by atoms with E-state index < -0.39 is 5.60 Å². The van der Waals surface area contributed by atoms with Crippen LogP contribution in [0.2, 0.25) is 0 Å². The van der Waals surface area contributed by atoms with Crippen LogP contribution in [0.1, 0.15) is 16.7 Å². The average Bonchev–Trinajstić information content (AvgIpc) is 2.84. The van der Waals surface area contributed by atoms with Crippen molar-refractivity contribution in [2.24, 2.45) is 0 Å². The Morgan fingerprint density at radius 1 is 0.548 bits per heavy atom. The van der Waals surface area contributed by atoms with E-state index >= 15 is 0 Å². The zero-order chi connectivity index (χ0) is 21.3. The second-order valence-electron chi connectivity index (χ2n) is 7.66. The van der Waals surface area contributed by atoms with Gasteiger partial charge in [0.15, 0.2) is 0 Å². The maximum Gasteiger partial charge on any atom is 0.141 e. The van der Waals surface area contributed by atoms with Crippen LogP contribution in [0.5, 0.6) is 0 Å². The molecule has 0 saturated carbocycles. The lowest BCUT2D eigenvalue weighted by atomic mass is 9.77. The SMILES string of the molecule is OC(c1ccccc1)(c1ccccc1)c1cc(Br)ccc1-c1cccc2ccccc12. The molecular formula is C29H21BrO. The van der Waals surface area contributed by atoms with Crippen LogP contribution in [-0.4, -0.2) is 5.11 Å². The van der Waals surface area contributed by atoms with Crippen LogP contribution >= 0.6 is 15.9 Å². The molecular weight excluding hydrogens is 444 g/mol. The Kier molecular flexibility index (Phi) is 5.19. The number of aliphatic hydroxyl groups is 1. The number of halogens is 1. The highest BCUT2D eigenvalue weighted by Crippen LogP contribution is 2.44. The van der Waals surface area contributed by atoms with Gasteiger partial charge in [0.25, 0.3) is 0 Å². The lowest BCUT2D eigenvalue weighted by Crippen LogP contribution is -2.29. The first kappa shape index (κ1) is 19.7. The molecule has 0 atom stereocenters. The molecule has 5 rings (SSSR count). The van der Waals surface area contributed by atoms with Gasteiger partial charge in [-0.1, -0.05) is 125 Å². The first-order valence-electron chi connectivity index (χ1n) is 10.3. The fourth-order valence-corrected chi connectivity index (χ4v) is 4.71. The Morgan fingerprint density at radius 3 is 1.81 bits per heavy atom. The van der Waals surface area contributed by atoms with Gasteiger partial charge < -0.3 is 5.11 Å². The monoisotopic (exact) mass is 464 g/mol. The molecule has 31 heavy (non-hydrogen) atoms. The van der Waals surface area contributed by atoms with E-state index in [0.717, 1.165) is 37.7 Å². The minimum absolute atomic E-state index is 0.834. The summed E-state index contributed by atoms with van der Waals surface area (Å²) in [6, 6.07) is 40.7. The lowest BCUT2D eigenvalue weighted by Gasteiger charge is -2.32. The third kappa shape index (κ3) is 3.48. The van der Waals surface area contributed by atoms with Gasteiger partial charge in [-0.05, 0) is 45.2 Å². The normalized spacial score (nSPS) is 11.5. The molecule has 0 aliphatic carbocycles. The molecule has 0 saturated heterocycles. The van der Waals surface area contributed by atoms with E-state index in [2.05, 4.69) is 64.5 Å². The van der Waals surface area contributed by atoms with Crippen LogP contribution in [-0.2, 0) is 5.60 Å². The van der Waals surface area contributed by atoms with Crippen molar-refractivity contribution in [2.45, 2.75) is 5.60 Å². The molecule has 0 aliphatic rings. The highest BCUT2D eigenvalue weighted by atomic mass is 79.9. The third-order valence-corrected chi connectivity index (χ3v) is 6.33. The Bertz CT molecular complexity index is 1300. The summed E-state index contributed by atoms with van der Waals surface area (Å²) in [7, 11) is 0. The summed E-state index contributed by atoms with van der Waals surface area (Å²) in [6.45, 7) is 0. The Balaban J connectivity index is 1.86. The molecule has 2 heteroatoms. The van der Waals surface area contributed by atoms with E-state index in [1.807, 2.05) is 72.8 Å². The Morgan fingerprint density at radius 2 is 1.13 bits per heavy atom. The summed E-state index contributed by atoms with van der Waals surface area (Å²) in [6.07, 6.45) is 0. The van der Waals surface area contributed by atoms with Crippen LogP contribution in [0.15, 0.2) is 126 Å². The molecule has 0 aromatic heterocycles. The zero-order valence-corrected chi connectivity index (χ0v) is 18.5. The number of hydrogen-bond acceptors (Lipinski definition) is 1. The average molecular weight is 465 g/mol. The summed E-state index contributed by atoms with van der Waals surface area (Å²) in [5.41, 5.74) is 3.32. The van der Waals surface area contributed by atoms with Crippen molar-refractivity contribution in [2.75, 3.05) is 0 Å². The van der Waals surface area contributed by atoms with Gasteiger partial charge in [0.05, 0.1) is 0 Å². The van der Waals surface area contributed by atoms with E-state index in [-0.39, 0.29) is 0 Å². The standard InChI is InChI=1S/C29H21BrO/c30-24-18-19-27(26-17-9-11-21-10-7-8-16-25(21)26)28(20-24)29(31,22-12-3-1-4-13-22)23-14-5-2-6-15-23/h1-20,31H. The summed E-state index contributed by atoms with van der Waals surface area (Å²) in [5, 5.41) is 14.8. The van der Waals surface area contributed by atoms with E-state index in [9.17, 15) is 5.11 Å². The zero-order valence-electron chi connectivity index (χ0n) is 16.9. The third-order valence-electron chi connectivity index (χ3n) is 5.83. The first-order chi connectivity index (χ1) is 15.2. The Labute approximate surface area is 190 Å². The largest absolute Gasteiger partial charge is 0.376 e. The minimum Gasteiger partial charge on any atom is -0.376 e. The summed E-state index contributed by atoms with van der Waals surface area (Å²) < 4.78 is 0.928. The molecule has 0 bridgehead atoms. The van der Waals surface area contributed by atoms with Gasteiger partial charge in [0, 0.05) is 10.0 Å². The highest BCUT2D eigenvalue weighted by Gasteiger charge is 2.36. The van der Waals surface area contributed by atoms with Gasteiger partial charge in [0.1, 0.15) is 5.60 Å². The van der Waals surface area contributed by atoms with Crippen LogP contribution in [0.25, 0.3) is 21.9 Å². The molecule has 150 valence electrons. The fourth-order valence-electron chi connectivity index (χ4n) is 4.35. The second kappa shape index (κ2) is 8.14. The van der Waals surface area contributed by atoms with Gasteiger partial charge in [-0.25, -0.2) is 0 Å². The van der Waals surface area contributed by atoms with Crippen molar-refractivity contribution in [3.05, 3.63) is 142 Å². The molecule has 0 unspecified atom stereocenters. The van der Waals surface area contributed by atoms with Gasteiger partial charge in [-0.15, -0.1) is 0 Å². The van der Waals surface area contributed by atoms with Gasteiger partial charge in [0.2, 0.25) is 0 Å². The van der Waals surface area contributed by atoms with E-state index in [1.165, 1.54) is 5.39 Å². The van der Waals surface area contributed by atoms with Crippen molar-refractivity contribution >= 4 is 26.7 Å². The smallest absolute Gasteiger partial charge is 0.141 e. The quantitative estimate of drug-likeness (QED) is 0.272. The summed E-state index contributed by atoms with van der Waals surface area (Å²) in [5.74, 6) is 0. The minimum atomic E-state index is -1.31. The lowest BCUT2D eigenvalue weighted by molar-refractivity contribution is 0.126.